The first-order chi connectivity index (χ1) is 9.65. The third-order valence-electron chi connectivity index (χ3n) is 2.72. The zero-order valence-electron chi connectivity index (χ0n) is 10.7. The SMILES string of the molecule is COc1ccc(Br)c(COc2cccc(F)c2C#N)c1. The van der Waals surface area contributed by atoms with Gasteiger partial charge >= 0.3 is 0 Å². The lowest BCUT2D eigenvalue weighted by atomic mass is 10.2. The van der Waals surface area contributed by atoms with Gasteiger partial charge in [0.05, 0.1) is 7.11 Å². The van der Waals surface area contributed by atoms with E-state index in [1.165, 1.54) is 12.1 Å². The number of hydrogen-bond acceptors (Lipinski definition) is 3. The van der Waals surface area contributed by atoms with Crippen LogP contribution in [0, 0.1) is 17.1 Å². The van der Waals surface area contributed by atoms with Gasteiger partial charge in [0.15, 0.2) is 0 Å². The van der Waals surface area contributed by atoms with E-state index in [9.17, 15) is 4.39 Å². The second kappa shape index (κ2) is 6.40. The van der Waals surface area contributed by atoms with Gasteiger partial charge in [-0.05, 0) is 30.3 Å². The van der Waals surface area contributed by atoms with Crippen molar-refractivity contribution >= 4 is 15.9 Å². The topological polar surface area (TPSA) is 42.2 Å². The van der Waals surface area contributed by atoms with Crippen molar-refractivity contribution in [1.82, 2.24) is 0 Å². The van der Waals surface area contributed by atoms with E-state index in [-0.39, 0.29) is 17.9 Å². The molecule has 102 valence electrons. The summed E-state index contributed by atoms with van der Waals surface area (Å²) >= 11 is 3.41. The third-order valence-corrected chi connectivity index (χ3v) is 3.50. The Kier molecular flexibility index (Phi) is 4.59. The predicted molar refractivity (Wildman–Crippen MR) is 76.1 cm³/mol. The highest BCUT2D eigenvalue weighted by atomic mass is 79.9. The second-order valence-corrected chi connectivity index (χ2v) is 4.83. The molecule has 0 atom stereocenters. The Bertz CT molecular complexity index is 667. The minimum Gasteiger partial charge on any atom is -0.497 e. The van der Waals surface area contributed by atoms with E-state index in [1.54, 1.807) is 19.2 Å². The van der Waals surface area contributed by atoms with Crippen molar-refractivity contribution in [2.24, 2.45) is 0 Å². The highest BCUT2D eigenvalue weighted by molar-refractivity contribution is 9.10. The Labute approximate surface area is 124 Å². The van der Waals surface area contributed by atoms with Crippen molar-refractivity contribution in [3.05, 3.63) is 57.8 Å². The second-order valence-electron chi connectivity index (χ2n) is 3.97. The molecule has 0 heterocycles. The summed E-state index contributed by atoms with van der Waals surface area (Å²) in [7, 11) is 1.58. The maximum atomic E-state index is 13.4. The molecule has 2 rings (SSSR count). The fraction of sp³-hybridized carbons (Fsp3) is 0.133. The molecule has 0 bridgehead atoms. The fourth-order valence-electron chi connectivity index (χ4n) is 1.68. The maximum Gasteiger partial charge on any atom is 0.144 e. The van der Waals surface area contributed by atoms with Crippen molar-refractivity contribution in [3.63, 3.8) is 0 Å². The molecule has 20 heavy (non-hydrogen) atoms. The van der Waals surface area contributed by atoms with E-state index in [0.717, 1.165) is 10.0 Å². The van der Waals surface area contributed by atoms with Crippen LogP contribution in [0.2, 0.25) is 0 Å². The zero-order chi connectivity index (χ0) is 14.5. The van der Waals surface area contributed by atoms with Gasteiger partial charge in [0.1, 0.15) is 35.6 Å². The summed E-state index contributed by atoms with van der Waals surface area (Å²) in [5.41, 5.74) is 0.754. The molecule has 0 radical (unpaired) electrons. The summed E-state index contributed by atoms with van der Waals surface area (Å²) in [6.07, 6.45) is 0. The van der Waals surface area contributed by atoms with Gasteiger partial charge in [-0.1, -0.05) is 22.0 Å². The van der Waals surface area contributed by atoms with E-state index < -0.39 is 5.82 Å². The Balaban J connectivity index is 2.21. The van der Waals surface area contributed by atoms with Crippen LogP contribution in [0.1, 0.15) is 11.1 Å². The summed E-state index contributed by atoms with van der Waals surface area (Å²) < 4.78 is 25.0. The summed E-state index contributed by atoms with van der Waals surface area (Å²) in [5, 5.41) is 8.93. The quantitative estimate of drug-likeness (QED) is 0.846. The van der Waals surface area contributed by atoms with Gasteiger partial charge in [0.2, 0.25) is 0 Å². The lowest BCUT2D eigenvalue weighted by molar-refractivity contribution is 0.302. The van der Waals surface area contributed by atoms with Crippen molar-refractivity contribution in [2.75, 3.05) is 7.11 Å². The molecule has 2 aromatic carbocycles. The number of methoxy groups -OCH3 is 1. The van der Waals surface area contributed by atoms with Gasteiger partial charge in [-0.3, -0.25) is 0 Å². The minimum atomic E-state index is -0.588. The average Bonchev–Trinajstić information content (AvgIpc) is 2.46. The van der Waals surface area contributed by atoms with Crippen LogP contribution >= 0.6 is 15.9 Å². The molecule has 3 nitrogen and oxygen atoms in total. The lowest BCUT2D eigenvalue weighted by Gasteiger charge is -2.10. The first-order valence-electron chi connectivity index (χ1n) is 5.79. The number of halogens is 2. The van der Waals surface area contributed by atoms with Crippen LogP contribution in [0.3, 0.4) is 0 Å². The number of ether oxygens (including phenoxy) is 2. The molecule has 0 aromatic heterocycles. The normalized spacial score (nSPS) is 9.90. The maximum absolute atomic E-state index is 13.4. The van der Waals surface area contributed by atoms with Crippen LogP contribution in [-0.2, 0) is 6.61 Å². The smallest absolute Gasteiger partial charge is 0.144 e. The summed E-state index contributed by atoms with van der Waals surface area (Å²) in [5.74, 6) is 0.337. The molecule has 0 aliphatic rings. The van der Waals surface area contributed by atoms with Crippen LogP contribution in [0.25, 0.3) is 0 Å². The Morgan fingerprint density at radius 1 is 1.30 bits per heavy atom. The first-order valence-corrected chi connectivity index (χ1v) is 6.59. The average molecular weight is 336 g/mol. The molecule has 0 saturated carbocycles. The Morgan fingerprint density at radius 2 is 2.10 bits per heavy atom. The molecule has 0 aliphatic carbocycles. The molecule has 5 heteroatoms. The molecule has 0 unspecified atom stereocenters. The zero-order valence-corrected chi connectivity index (χ0v) is 12.3. The van der Waals surface area contributed by atoms with E-state index in [2.05, 4.69) is 15.9 Å². The highest BCUT2D eigenvalue weighted by Crippen LogP contribution is 2.26. The molecule has 0 fully saturated rings. The molecule has 0 spiro atoms. The van der Waals surface area contributed by atoms with Crippen molar-refractivity contribution in [2.45, 2.75) is 6.61 Å². The van der Waals surface area contributed by atoms with Crippen LogP contribution < -0.4 is 9.47 Å². The van der Waals surface area contributed by atoms with E-state index in [0.29, 0.717) is 5.75 Å². The first kappa shape index (κ1) is 14.4. The van der Waals surface area contributed by atoms with E-state index >= 15 is 0 Å². The van der Waals surface area contributed by atoms with Crippen LogP contribution in [0.15, 0.2) is 40.9 Å². The number of hydrogen-bond donors (Lipinski definition) is 0. The van der Waals surface area contributed by atoms with Crippen molar-refractivity contribution in [1.29, 1.82) is 5.26 Å². The standard InChI is InChI=1S/C15H11BrFNO2/c1-19-11-5-6-13(16)10(7-11)9-20-15-4-2-3-14(17)12(15)8-18/h2-7H,9H2,1H3. The van der Waals surface area contributed by atoms with Gasteiger partial charge in [0, 0.05) is 10.0 Å². The van der Waals surface area contributed by atoms with Crippen LogP contribution in [0.4, 0.5) is 4.39 Å². The van der Waals surface area contributed by atoms with Gasteiger partial charge in [-0.2, -0.15) is 5.26 Å². The minimum absolute atomic E-state index is 0.0912. The lowest BCUT2D eigenvalue weighted by Crippen LogP contribution is -2.00. The molecule has 0 N–H and O–H groups in total. The summed E-state index contributed by atoms with van der Waals surface area (Å²) in [6.45, 7) is 0.204. The number of nitriles is 1. The Morgan fingerprint density at radius 3 is 2.80 bits per heavy atom. The number of nitrogens with zero attached hydrogens (tertiary/aromatic N) is 1. The third kappa shape index (κ3) is 3.09. The molecule has 2 aromatic rings. The van der Waals surface area contributed by atoms with Crippen LogP contribution in [0.5, 0.6) is 11.5 Å². The molecular weight excluding hydrogens is 325 g/mol. The summed E-state index contributed by atoms with van der Waals surface area (Å²) in [6, 6.07) is 11.6. The summed E-state index contributed by atoms with van der Waals surface area (Å²) in [4.78, 5) is 0. The van der Waals surface area contributed by atoms with Crippen molar-refractivity contribution < 1.29 is 13.9 Å². The van der Waals surface area contributed by atoms with E-state index in [4.69, 9.17) is 14.7 Å². The van der Waals surface area contributed by atoms with Gasteiger partial charge in [-0.25, -0.2) is 4.39 Å². The Hall–Kier alpha value is -2.06. The molecule has 0 amide bonds. The highest BCUT2D eigenvalue weighted by Gasteiger charge is 2.10. The van der Waals surface area contributed by atoms with Crippen molar-refractivity contribution in [3.8, 4) is 17.6 Å². The largest absolute Gasteiger partial charge is 0.497 e. The van der Waals surface area contributed by atoms with E-state index in [1.807, 2.05) is 18.2 Å². The monoisotopic (exact) mass is 335 g/mol. The van der Waals surface area contributed by atoms with Gasteiger partial charge < -0.3 is 9.47 Å². The fourth-order valence-corrected chi connectivity index (χ4v) is 2.04. The molecule has 0 saturated heterocycles. The van der Waals surface area contributed by atoms with Gasteiger partial charge in [-0.15, -0.1) is 0 Å². The van der Waals surface area contributed by atoms with Crippen LogP contribution in [-0.4, -0.2) is 7.11 Å². The number of rotatable bonds is 4. The molecular formula is C15H11BrFNO2. The molecule has 0 aliphatic heterocycles. The van der Waals surface area contributed by atoms with Gasteiger partial charge in [0.25, 0.3) is 0 Å². The predicted octanol–water partition coefficient (Wildman–Crippen LogP) is 4.05. The number of benzene rings is 2.